The number of carbonyl (C=O) groups excluding carboxylic acids is 1. The molecule has 1 aliphatic rings. The summed E-state index contributed by atoms with van der Waals surface area (Å²) in [4.78, 5) is 14.5. The zero-order valence-electron chi connectivity index (χ0n) is 10.5. The van der Waals surface area contributed by atoms with Crippen molar-refractivity contribution in [2.24, 2.45) is 0 Å². The van der Waals surface area contributed by atoms with Gasteiger partial charge in [-0.15, -0.1) is 0 Å². The molecular formula is C14H17Cl2NO. The Morgan fingerprint density at radius 3 is 2.89 bits per heavy atom. The van der Waals surface area contributed by atoms with Crippen LogP contribution in [0, 0.1) is 0 Å². The SMILES string of the molecule is CC[C@H]1CCCCN1C(=O)c1cc(Cl)ccc1Cl. The summed E-state index contributed by atoms with van der Waals surface area (Å²) in [5.41, 5.74) is 0.518. The van der Waals surface area contributed by atoms with E-state index in [1.165, 1.54) is 6.42 Å². The van der Waals surface area contributed by atoms with E-state index in [1.54, 1.807) is 18.2 Å². The van der Waals surface area contributed by atoms with Gasteiger partial charge in [0.1, 0.15) is 0 Å². The first kappa shape index (κ1) is 13.7. The molecule has 1 atom stereocenters. The minimum Gasteiger partial charge on any atom is -0.336 e. The second-order valence-electron chi connectivity index (χ2n) is 4.68. The Labute approximate surface area is 118 Å². The average Bonchev–Trinajstić information content (AvgIpc) is 2.40. The minimum atomic E-state index is 0.00838. The van der Waals surface area contributed by atoms with E-state index in [0.717, 1.165) is 25.8 Å². The Bertz CT molecular complexity index is 447. The molecular weight excluding hydrogens is 269 g/mol. The molecule has 0 aromatic heterocycles. The van der Waals surface area contributed by atoms with Crippen molar-refractivity contribution in [2.75, 3.05) is 6.54 Å². The topological polar surface area (TPSA) is 20.3 Å². The van der Waals surface area contributed by atoms with Crippen molar-refractivity contribution in [1.82, 2.24) is 4.90 Å². The Morgan fingerprint density at radius 2 is 2.17 bits per heavy atom. The molecule has 1 fully saturated rings. The van der Waals surface area contributed by atoms with Crippen LogP contribution in [0.15, 0.2) is 18.2 Å². The van der Waals surface area contributed by atoms with Crippen molar-refractivity contribution >= 4 is 29.1 Å². The fraction of sp³-hybridized carbons (Fsp3) is 0.500. The summed E-state index contributed by atoms with van der Waals surface area (Å²) in [6, 6.07) is 5.38. The number of halogens is 2. The van der Waals surface area contributed by atoms with Crippen molar-refractivity contribution in [3.63, 3.8) is 0 Å². The smallest absolute Gasteiger partial charge is 0.255 e. The normalized spacial score (nSPS) is 19.9. The van der Waals surface area contributed by atoms with Crippen LogP contribution < -0.4 is 0 Å². The van der Waals surface area contributed by atoms with Crippen LogP contribution in [0.2, 0.25) is 10.0 Å². The van der Waals surface area contributed by atoms with Crippen LogP contribution in [0.1, 0.15) is 43.0 Å². The summed E-state index contributed by atoms with van der Waals surface area (Å²) in [7, 11) is 0. The van der Waals surface area contributed by atoms with Crippen LogP contribution in [-0.4, -0.2) is 23.4 Å². The van der Waals surface area contributed by atoms with E-state index < -0.39 is 0 Å². The van der Waals surface area contributed by atoms with E-state index in [0.29, 0.717) is 21.7 Å². The van der Waals surface area contributed by atoms with Gasteiger partial charge < -0.3 is 4.90 Å². The summed E-state index contributed by atoms with van der Waals surface area (Å²) < 4.78 is 0. The lowest BCUT2D eigenvalue weighted by Crippen LogP contribution is -2.43. The number of rotatable bonds is 2. The zero-order chi connectivity index (χ0) is 13.1. The molecule has 2 nitrogen and oxygen atoms in total. The highest BCUT2D eigenvalue weighted by Gasteiger charge is 2.27. The van der Waals surface area contributed by atoms with Gasteiger partial charge in [0, 0.05) is 17.6 Å². The number of benzene rings is 1. The molecule has 1 aliphatic heterocycles. The largest absolute Gasteiger partial charge is 0.336 e. The molecule has 0 unspecified atom stereocenters. The Morgan fingerprint density at radius 1 is 1.39 bits per heavy atom. The van der Waals surface area contributed by atoms with Gasteiger partial charge in [0.05, 0.1) is 10.6 Å². The van der Waals surface area contributed by atoms with E-state index in [1.807, 2.05) is 4.90 Å². The monoisotopic (exact) mass is 285 g/mol. The maximum atomic E-state index is 12.5. The Kier molecular flexibility index (Phi) is 4.52. The van der Waals surface area contributed by atoms with Crippen molar-refractivity contribution in [3.8, 4) is 0 Å². The summed E-state index contributed by atoms with van der Waals surface area (Å²) in [6.07, 6.45) is 4.34. The quantitative estimate of drug-likeness (QED) is 0.789. The van der Waals surface area contributed by atoms with Gasteiger partial charge in [-0.1, -0.05) is 30.1 Å². The lowest BCUT2D eigenvalue weighted by atomic mass is 9.99. The van der Waals surface area contributed by atoms with Gasteiger partial charge in [0.25, 0.3) is 5.91 Å². The first-order valence-corrected chi connectivity index (χ1v) is 7.15. The number of amides is 1. The van der Waals surface area contributed by atoms with Crippen molar-refractivity contribution in [3.05, 3.63) is 33.8 Å². The third-order valence-electron chi connectivity index (χ3n) is 3.52. The highest BCUT2D eigenvalue weighted by atomic mass is 35.5. The summed E-state index contributed by atoms with van der Waals surface area (Å²) in [5.74, 6) is 0.00838. The van der Waals surface area contributed by atoms with Crippen LogP contribution in [-0.2, 0) is 0 Å². The molecule has 2 rings (SSSR count). The Hall–Kier alpha value is -0.730. The molecule has 98 valence electrons. The maximum absolute atomic E-state index is 12.5. The molecule has 1 aromatic carbocycles. The highest BCUT2D eigenvalue weighted by Crippen LogP contribution is 2.26. The van der Waals surface area contributed by atoms with Crippen LogP contribution in [0.5, 0.6) is 0 Å². The standard InChI is InChI=1S/C14H17Cl2NO/c1-2-11-5-3-4-8-17(11)14(18)12-9-10(15)6-7-13(12)16/h6-7,9,11H,2-5,8H2,1H3/t11-/m0/s1. The van der Waals surface area contributed by atoms with Gasteiger partial charge in [-0.2, -0.15) is 0 Å². The molecule has 0 saturated carbocycles. The van der Waals surface area contributed by atoms with Gasteiger partial charge in [-0.05, 0) is 43.9 Å². The molecule has 1 amide bonds. The molecule has 0 N–H and O–H groups in total. The number of nitrogens with zero attached hydrogens (tertiary/aromatic N) is 1. The van der Waals surface area contributed by atoms with Gasteiger partial charge >= 0.3 is 0 Å². The zero-order valence-corrected chi connectivity index (χ0v) is 12.0. The number of hydrogen-bond acceptors (Lipinski definition) is 1. The Balaban J connectivity index is 2.26. The predicted molar refractivity (Wildman–Crippen MR) is 75.4 cm³/mol. The number of likely N-dealkylation sites (tertiary alicyclic amines) is 1. The highest BCUT2D eigenvalue weighted by molar-refractivity contribution is 6.35. The first-order valence-electron chi connectivity index (χ1n) is 6.39. The van der Waals surface area contributed by atoms with Crippen molar-refractivity contribution in [1.29, 1.82) is 0 Å². The molecule has 0 aliphatic carbocycles. The van der Waals surface area contributed by atoms with E-state index in [2.05, 4.69) is 6.92 Å². The summed E-state index contributed by atoms with van der Waals surface area (Å²) in [6.45, 7) is 2.94. The van der Waals surface area contributed by atoms with Crippen LogP contribution >= 0.6 is 23.2 Å². The van der Waals surface area contributed by atoms with E-state index in [-0.39, 0.29) is 5.91 Å². The lowest BCUT2D eigenvalue weighted by Gasteiger charge is -2.35. The molecule has 0 spiro atoms. The third kappa shape index (κ3) is 2.81. The molecule has 1 heterocycles. The molecule has 1 saturated heterocycles. The maximum Gasteiger partial charge on any atom is 0.255 e. The fourth-order valence-corrected chi connectivity index (χ4v) is 2.88. The van der Waals surface area contributed by atoms with Crippen LogP contribution in [0.3, 0.4) is 0 Å². The number of hydrogen-bond donors (Lipinski definition) is 0. The second-order valence-corrected chi connectivity index (χ2v) is 5.52. The van der Waals surface area contributed by atoms with Gasteiger partial charge in [0.2, 0.25) is 0 Å². The molecule has 1 aromatic rings. The number of piperidine rings is 1. The third-order valence-corrected chi connectivity index (χ3v) is 4.08. The lowest BCUT2D eigenvalue weighted by molar-refractivity contribution is 0.0608. The van der Waals surface area contributed by atoms with E-state index >= 15 is 0 Å². The second kappa shape index (κ2) is 5.94. The molecule has 0 bridgehead atoms. The summed E-state index contributed by atoms with van der Waals surface area (Å²) >= 11 is 12.0. The van der Waals surface area contributed by atoms with E-state index in [4.69, 9.17) is 23.2 Å². The van der Waals surface area contributed by atoms with Crippen LogP contribution in [0.4, 0.5) is 0 Å². The van der Waals surface area contributed by atoms with Gasteiger partial charge in [-0.3, -0.25) is 4.79 Å². The van der Waals surface area contributed by atoms with Gasteiger partial charge in [-0.25, -0.2) is 0 Å². The predicted octanol–water partition coefficient (Wildman–Crippen LogP) is 4.40. The van der Waals surface area contributed by atoms with Crippen LogP contribution in [0.25, 0.3) is 0 Å². The average molecular weight is 286 g/mol. The number of carbonyl (C=O) groups is 1. The van der Waals surface area contributed by atoms with Crippen molar-refractivity contribution < 1.29 is 4.79 Å². The molecule has 0 radical (unpaired) electrons. The fourth-order valence-electron chi connectivity index (χ4n) is 2.51. The van der Waals surface area contributed by atoms with Crippen molar-refractivity contribution in [2.45, 2.75) is 38.6 Å². The minimum absolute atomic E-state index is 0.00838. The van der Waals surface area contributed by atoms with Gasteiger partial charge in [0.15, 0.2) is 0 Å². The molecule has 4 heteroatoms. The first-order chi connectivity index (χ1) is 8.63. The molecule has 18 heavy (non-hydrogen) atoms. The van der Waals surface area contributed by atoms with E-state index in [9.17, 15) is 4.79 Å². The summed E-state index contributed by atoms with van der Waals surface area (Å²) in [5, 5.41) is 1.03.